The van der Waals surface area contributed by atoms with Gasteiger partial charge in [-0.05, 0) is 58.3 Å². The third-order valence-corrected chi connectivity index (χ3v) is 4.11. The minimum Gasteiger partial charge on any atom is -0.492 e. The van der Waals surface area contributed by atoms with Gasteiger partial charge in [-0.15, -0.1) is 0 Å². The van der Waals surface area contributed by atoms with Crippen LogP contribution in [0.25, 0.3) is 22.7 Å². The van der Waals surface area contributed by atoms with E-state index in [4.69, 9.17) is 4.74 Å². The molecule has 0 unspecified atom stereocenters. The number of para-hydroxylation sites is 2. The summed E-state index contributed by atoms with van der Waals surface area (Å²) in [4.78, 5) is 7.66. The van der Waals surface area contributed by atoms with Crippen LogP contribution in [0.2, 0.25) is 0 Å². The Balaban J connectivity index is 1.93. The predicted molar refractivity (Wildman–Crippen MR) is 99.5 cm³/mol. The Morgan fingerprint density at radius 3 is 2.88 bits per heavy atom. The van der Waals surface area contributed by atoms with Crippen LogP contribution < -0.4 is 4.74 Å². The maximum absolute atomic E-state index is 9.49. The lowest BCUT2D eigenvalue weighted by atomic mass is 10.1. The molecule has 1 heterocycles. The molecule has 0 aliphatic carbocycles. The van der Waals surface area contributed by atoms with Gasteiger partial charge in [0.2, 0.25) is 0 Å². The fourth-order valence-corrected chi connectivity index (χ4v) is 2.85. The second kappa shape index (κ2) is 7.33. The van der Waals surface area contributed by atoms with Crippen molar-refractivity contribution < 1.29 is 4.74 Å². The van der Waals surface area contributed by atoms with E-state index in [9.17, 15) is 5.26 Å². The maximum atomic E-state index is 9.49. The molecule has 0 saturated carbocycles. The Bertz CT molecular complexity index is 904. The predicted octanol–water partition coefficient (Wildman–Crippen LogP) is 5.18. The molecule has 0 spiro atoms. The molecule has 5 heteroatoms. The highest BCUT2D eigenvalue weighted by atomic mass is 79.9. The van der Waals surface area contributed by atoms with Gasteiger partial charge in [-0.25, -0.2) is 4.98 Å². The van der Waals surface area contributed by atoms with Gasteiger partial charge in [0.25, 0.3) is 0 Å². The number of nitriles is 1. The molecule has 120 valence electrons. The molecule has 2 aromatic carbocycles. The minimum absolute atomic E-state index is 0.486. The van der Waals surface area contributed by atoms with E-state index in [1.165, 1.54) is 0 Å². The zero-order valence-electron chi connectivity index (χ0n) is 13.2. The third kappa shape index (κ3) is 3.50. The first kappa shape index (κ1) is 16.3. The zero-order chi connectivity index (χ0) is 16.9. The Kier molecular flexibility index (Phi) is 4.97. The van der Waals surface area contributed by atoms with E-state index < -0.39 is 0 Å². The van der Waals surface area contributed by atoms with Crippen molar-refractivity contribution in [3.05, 3.63) is 58.3 Å². The first-order valence-electron chi connectivity index (χ1n) is 7.70. The van der Waals surface area contributed by atoms with Crippen molar-refractivity contribution in [1.82, 2.24) is 9.97 Å². The highest BCUT2D eigenvalue weighted by molar-refractivity contribution is 9.10. The summed E-state index contributed by atoms with van der Waals surface area (Å²) in [6.07, 6.45) is 2.77. The van der Waals surface area contributed by atoms with Crippen LogP contribution in [0.1, 0.15) is 24.7 Å². The normalized spacial score (nSPS) is 11.5. The van der Waals surface area contributed by atoms with Crippen molar-refractivity contribution in [3.8, 4) is 11.8 Å². The molecule has 24 heavy (non-hydrogen) atoms. The number of halogens is 1. The molecule has 1 aromatic heterocycles. The highest BCUT2D eigenvalue weighted by Gasteiger charge is 2.08. The number of H-pyrrole nitrogens is 1. The quantitative estimate of drug-likeness (QED) is 0.619. The maximum Gasteiger partial charge on any atom is 0.149 e. The first-order chi connectivity index (χ1) is 11.7. The number of aromatic nitrogens is 2. The van der Waals surface area contributed by atoms with Gasteiger partial charge in [-0.1, -0.05) is 25.1 Å². The molecular weight excluding hydrogens is 366 g/mol. The van der Waals surface area contributed by atoms with Gasteiger partial charge in [0.15, 0.2) is 0 Å². The van der Waals surface area contributed by atoms with Crippen molar-refractivity contribution in [3.63, 3.8) is 0 Å². The number of benzene rings is 2. The van der Waals surface area contributed by atoms with Gasteiger partial charge >= 0.3 is 0 Å². The smallest absolute Gasteiger partial charge is 0.149 e. The standard InChI is InChI=1S/C19H16BrN3O/c1-2-9-24-18-8-7-13(11-15(18)20)10-14(12-21)19-22-16-5-3-4-6-17(16)23-19/h3-8,10-11H,2,9H2,1H3,(H,22,23). The molecule has 0 saturated heterocycles. The van der Waals surface area contributed by atoms with Crippen LogP contribution in [0.5, 0.6) is 5.75 Å². The van der Waals surface area contributed by atoms with Crippen molar-refractivity contribution in [2.45, 2.75) is 13.3 Å². The molecule has 0 atom stereocenters. The lowest BCUT2D eigenvalue weighted by Crippen LogP contribution is -1.95. The van der Waals surface area contributed by atoms with Gasteiger partial charge in [0.05, 0.1) is 27.7 Å². The van der Waals surface area contributed by atoms with E-state index in [1.54, 1.807) is 0 Å². The van der Waals surface area contributed by atoms with Crippen LogP contribution in [-0.4, -0.2) is 16.6 Å². The van der Waals surface area contributed by atoms with Crippen LogP contribution in [0.3, 0.4) is 0 Å². The van der Waals surface area contributed by atoms with Gasteiger partial charge in [0.1, 0.15) is 17.6 Å². The molecule has 0 amide bonds. The molecule has 1 N–H and O–H groups in total. The number of rotatable bonds is 5. The van der Waals surface area contributed by atoms with Crippen molar-refractivity contribution in [2.24, 2.45) is 0 Å². The molecule has 3 rings (SSSR count). The minimum atomic E-state index is 0.486. The van der Waals surface area contributed by atoms with Gasteiger partial charge in [-0.3, -0.25) is 0 Å². The van der Waals surface area contributed by atoms with E-state index in [0.717, 1.165) is 33.2 Å². The summed E-state index contributed by atoms with van der Waals surface area (Å²) in [5, 5.41) is 9.49. The Labute approximate surface area is 148 Å². The zero-order valence-corrected chi connectivity index (χ0v) is 14.8. The number of imidazole rings is 1. The summed E-state index contributed by atoms with van der Waals surface area (Å²) in [5.41, 5.74) is 3.15. The van der Waals surface area contributed by atoms with Gasteiger partial charge in [0, 0.05) is 0 Å². The lowest BCUT2D eigenvalue weighted by Gasteiger charge is -2.07. The number of hydrogen-bond acceptors (Lipinski definition) is 3. The number of hydrogen-bond donors (Lipinski definition) is 1. The summed E-state index contributed by atoms with van der Waals surface area (Å²) < 4.78 is 6.51. The summed E-state index contributed by atoms with van der Waals surface area (Å²) in [6, 6.07) is 15.7. The number of aromatic amines is 1. The first-order valence-corrected chi connectivity index (χ1v) is 8.50. The molecule has 0 aliphatic rings. The van der Waals surface area contributed by atoms with Crippen LogP contribution in [-0.2, 0) is 0 Å². The SMILES string of the molecule is CCCOc1ccc(C=C(C#N)c2nc3ccccc3[nH]2)cc1Br. The number of ether oxygens (including phenoxy) is 1. The number of fused-ring (bicyclic) bond motifs is 1. The van der Waals surface area contributed by atoms with E-state index in [2.05, 4.69) is 38.9 Å². The van der Waals surface area contributed by atoms with Crippen molar-refractivity contribution in [1.29, 1.82) is 5.26 Å². The van der Waals surface area contributed by atoms with Crippen LogP contribution in [0.15, 0.2) is 46.9 Å². The number of nitrogens with zero attached hydrogens (tertiary/aromatic N) is 2. The molecule has 0 bridgehead atoms. The third-order valence-electron chi connectivity index (χ3n) is 3.49. The molecule has 4 nitrogen and oxygen atoms in total. The molecule has 0 fully saturated rings. The summed E-state index contributed by atoms with van der Waals surface area (Å²) in [5.74, 6) is 1.37. The Morgan fingerprint density at radius 1 is 1.33 bits per heavy atom. The molecular formula is C19H16BrN3O. The second-order valence-corrected chi connectivity index (χ2v) is 6.17. The molecule has 0 aliphatic heterocycles. The van der Waals surface area contributed by atoms with Crippen LogP contribution in [0.4, 0.5) is 0 Å². The fourth-order valence-electron chi connectivity index (χ4n) is 2.34. The summed E-state index contributed by atoms with van der Waals surface area (Å²) in [7, 11) is 0. The van der Waals surface area contributed by atoms with Crippen LogP contribution >= 0.6 is 15.9 Å². The van der Waals surface area contributed by atoms with Crippen molar-refractivity contribution >= 4 is 38.6 Å². The van der Waals surface area contributed by atoms with Crippen molar-refractivity contribution in [2.75, 3.05) is 6.61 Å². The van der Waals surface area contributed by atoms with E-state index in [0.29, 0.717) is 18.0 Å². The summed E-state index contributed by atoms with van der Waals surface area (Å²) >= 11 is 3.51. The highest BCUT2D eigenvalue weighted by Crippen LogP contribution is 2.28. The van der Waals surface area contributed by atoms with E-state index >= 15 is 0 Å². The second-order valence-electron chi connectivity index (χ2n) is 5.31. The van der Waals surface area contributed by atoms with E-state index in [-0.39, 0.29) is 0 Å². The average molecular weight is 382 g/mol. The van der Waals surface area contributed by atoms with Gasteiger partial charge < -0.3 is 9.72 Å². The van der Waals surface area contributed by atoms with Gasteiger partial charge in [-0.2, -0.15) is 5.26 Å². The lowest BCUT2D eigenvalue weighted by molar-refractivity contribution is 0.315. The number of allylic oxidation sites excluding steroid dienone is 1. The summed E-state index contributed by atoms with van der Waals surface area (Å²) in [6.45, 7) is 2.74. The largest absolute Gasteiger partial charge is 0.492 e. The molecule has 3 aromatic rings. The molecule has 0 radical (unpaired) electrons. The van der Waals surface area contributed by atoms with Crippen LogP contribution in [0, 0.1) is 11.3 Å². The topological polar surface area (TPSA) is 61.7 Å². The Morgan fingerprint density at radius 2 is 2.17 bits per heavy atom. The van der Waals surface area contributed by atoms with E-state index in [1.807, 2.05) is 48.5 Å². The monoisotopic (exact) mass is 381 g/mol. The Hall–Kier alpha value is -2.58. The fraction of sp³-hybridized carbons (Fsp3) is 0.158. The number of nitrogens with one attached hydrogen (secondary N) is 1. The average Bonchev–Trinajstić information content (AvgIpc) is 3.02.